The molecule has 19 heavy (non-hydrogen) atoms. The fourth-order valence-corrected chi connectivity index (χ4v) is 2.46. The average molecular weight is 260 g/mol. The zero-order chi connectivity index (χ0) is 13.4. The smallest absolute Gasteiger partial charge is 0.323 e. The lowest BCUT2D eigenvalue weighted by atomic mass is 10.1. The maximum atomic E-state index is 12.2. The number of aromatic nitrogens is 2. The molecule has 0 fully saturated rings. The first-order chi connectivity index (χ1) is 9.15. The maximum absolute atomic E-state index is 12.2. The number of carbonyl (C=O) groups excluding carboxylic acids is 1. The van der Waals surface area contributed by atoms with Crippen molar-refractivity contribution < 1.29 is 9.32 Å². The first kappa shape index (κ1) is 11.8. The lowest BCUT2D eigenvalue weighted by Crippen LogP contribution is -2.43. The van der Waals surface area contributed by atoms with E-state index in [4.69, 9.17) is 4.52 Å². The summed E-state index contributed by atoms with van der Waals surface area (Å²) in [6.07, 6.45) is 2.04. The Hall–Kier alpha value is -2.24. The van der Waals surface area contributed by atoms with E-state index in [-0.39, 0.29) is 12.1 Å². The van der Waals surface area contributed by atoms with Crippen molar-refractivity contribution in [3.63, 3.8) is 0 Å². The molecule has 0 unspecified atom stereocenters. The Bertz CT molecular complexity index is 601. The molecule has 1 aliphatic rings. The molecule has 0 spiro atoms. The highest BCUT2D eigenvalue weighted by molar-refractivity contribution is 5.88. The van der Waals surface area contributed by atoms with Gasteiger partial charge in [-0.2, -0.15) is 0 Å². The summed E-state index contributed by atoms with van der Waals surface area (Å²) >= 11 is 0. The molecule has 1 atom stereocenters. The van der Waals surface area contributed by atoms with E-state index in [1.54, 1.807) is 17.9 Å². The molecule has 3 heterocycles. The van der Waals surface area contributed by atoms with Gasteiger partial charge in [-0.15, -0.1) is 0 Å². The van der Waals surface area contributed by atoms with Gasteiger partial charge in [-0.1, -0.05) is 5.16 Å². The van der Waals surface area contributed by atoms with Gasteiger partial charge in [0.1, 0.15) is 5.76 Å². The molecule has 6 nitrogen and oxygen atoms in total. The lowest BCUT2D eigenvalue weighted by molar-refractivity contribution is 0.175. The van der Waals surface area contributed by atoms with Crippen LogP contribution in [0.15, 0.2) is 28.9 Å². The van der Waals surface area contributed by atoms with Crippen molar-refractivity contribution in [2.24, 2.45) is 0 Å². The average Bonchev–Trinajstić information content (AvgIpc) is 2.99. The number of anilines is 1. The van der Waals surface area contributed by atoms with Crippen LogP contribution in [0.25, 0.3) is 0 Å². The molecule has 0 saturated carbocycles. The molecular formula is C13H16N4O2. The van der Waals surface area contributed by atoms with Gasteiger partial charge in [-0.25, -0.2) is 4.79 Å². The third kappa shape index (κ3) is 2.09. The highest BCUT2D eigenvalue weighted by atomic mass is 16.5. The van der Waals surface area contributed by atoms with Crippen molar-refractivity contribution in [3.8, 4) is 0 Å². The fraction of sp³-hybridized carbons (Fsp3) is 0.385. The zero-order valence-corrected chi connectivity index (χ0v) is 11.0. The largest absolute Gasteiger partial charge is 0.360 e. The van der Waals surface area contributed by atoms with Crippen LogP contribution >= 0.6 is 0 Å². The van der Waals surface area contributed by atoms with E-state index in [0.29, 0.717) is 18.1 Å². The van der Waals surface area contributed by atoms with E-state index in [0.717, 1.165) is 12.2 Å². The summed E-state index contributed by atoms with van der Waals surface area (Å²) in [5.74, 6) is 1.13. The number of hydrogen-bond donors (Lipinski definition) is 1. The molecule has 0 saturated heterocycles. The van der Waals surface area contributed by atoms with Crippen LogP contribution in [0.4, 0.5) is 10.6 Å². The van der Waals surface area contributed by atoms with Crippen LogP contribution in [-0.2, 0) is 6.54 Å². The molecular weight excluding hydrogens is 244 g/mol. The van der Waals surface area contributed by atoms with Gasteiger partial charge in [-0.05, 0) is 26.0 Å². The van der Waals surface area contributed by atoms with E-state index in [1.807, 2.05) is 25.3 Å². The van der Waals surface area contributed by atoms with Crippen molar-refractivity contribution in [2.45, 2.75) is 26.4 Å². The van der Waals surface area contributed by atoms with E-state index < -0.39 is 0 Å². The second-order valence-corrected chi connectivity index (χ2v) is 4.75. The summed E-state index contributed by atoms with van der Waals surface area (Å²) < 4.78 is 7.11. The maximum Gasteiger partial charge on any atom is 0.323 e. The van der Waals surface area contributed by atoms with Crippen LogP contribution in [0.1, 0.15) is 24.4 Å². The van der Waals surface area contributed by atoms with Crippen LogP contribution in [0, 0.1) is 6.92 Å². The van der Waals surface area contributed by atoms with Crippen LogP contribution in [-0.4, -0.2) is 27.2 Å². The summed E-state index contributed by atoms with van der Waals surface area (Å²) in [4.78, 5) is 14.0. The van der Waals surface area contributed by atoms with Gasteiger partial charge in [-0.3, -0.25) is 5.32 Å². The number of rotatable bonds is 1. The van der Waals surface area contributed by atoms with Gasteiger partial charge >= 0.3 is 6.03 Å². The third-order valence-electron chi connectivity index (χ3n) is 3.47. The molecule has 1 N–H and O–H groups in total. The summed E-state index contributed by atoms with van der Waals surface area (Å²) in [7, 11) is 0. The Morgan fingerprint density at radius 3 is 3.11 bits per heavy atom. The molecule has 0 radical (unpaired) electrons. The zero-order valence-electron chi connectivity index (χ0n) is 11.0. The van der Waals surface area contributed by atoms with Crippen molar-refractivity contribution in [1.82, 2.24) is 14.6 Å². The minimum absolute atomic E-state index is 0.0525. The highest BCUT2D eigenvalue weighted by Gasteiger charge is 2.27. The molecule has 100 valence electrons. The number of nitrogens with zero attached hydrogens (tertiary/aromatic N) is 3. The second kappa shape index (κ2) is 4.46. The molecule has 3 rings (SSSR count). The molecule has 2 aromatic rings. The summed E-state index contributed by atoms with van der Waals surface area (Å²) in [6.45, 7) is 5.32. The van der Waals surface area contributed by atoms with E-state index in [9.17, 15) is 4.79 Å². The molecule has 1 aliphatic heterocycles. The first-order valence-corrected chi connectivity index (χ1v) is 6.31. The van der Waals surface area contributed by atoms with E-state index in [1.165, 1.54) is 0 Å². The molecule has 0 aliphatic carbocycles. The normalized spacial score (nSPS) is 18.2. The Kier molecular flexibility index (Phi) is 2.77. The van der Waals surface area contributed by atoms with Gasteiger partial charge in [0, 0.05) is 31.0 Å². The van der Waals surface area contributed by atoms with Gasteiger partial charge in [0.15, 0.2) is 5.82 Å². The fourth-order valence-electron chi connectivity index (χ4n) is 2.46. The second-order valence-electron chi connectivity index (χ2n) is 4.75. The Morgan fingerprint density at radius 2 is 2.37 bits per heavy atom. The predicted molar refractivity (Wildman–Crippen MR) is 69.8 cm³/mol. The Balaban J connectivity index is 1.74. The number of carbonyl (C=O) groups is 1. The van der Waals surface area contributed by atoms with Crippen LogP contribution < -0.4 is 5.32 Å². The lowest BCUT2D eigenvalue weighted by Gasteiger charge is -2.34. The van der Waals surface area contributed by atoms with Crippen molar-refractivity contribution in [1.29, 1.82) is 0 Å². The number of hydrogen-bond acceptors (Lipinski definition) is 3. The molecule has 6 heteroatoms. The van der Waals surface area contributed by atoms with Gasteiger partial charge in [0.2, 0.25) is 0 Å². The molecule has 0 bridgehead atoms. The molecule has 2 amide bonds. The summed E-state index contributed by atoms with van der Waals surface area (Å²) in [6, 6.07) is 5.67. The summed E-state index contributed by atoms with van der Waals surface area (Å²) in [5.41, 5.74) is 1.15. The van der Waals surface area contributed by atoms with Crippen molar-refractivity contribution in [2.75, 3.05) is 11.9 Å². The Labute approximate surface area is 111 Å². The number of amides is 2. The van der Waals surface area contributed by atoms with Gasteiger partial charge < -0.3 is 14.0 Å². The minimum Gasteiger partial charge on any atom is -0.360 e. The highest BCUT2D eigenvalue weighted by Crippen LogP contribution is 2.25. The number of urea groups is 1. The van der Waals surface area contributed by atoms with Crippen LogP contribution in [0.5, 0.6) is 0 Å². The van der Waals surface area contributed by atoms with Crippen molar-refractivity contribution in [3.05, 3.63) is 35.9 Å². The standard InChI is InChI=1S/C13H16N4O2/c1-9-8-12(15-19-9)14-13(18)17-7-6-16-5-3-4-11(16)10(17)2/h3-5,8,10H,6-7H2,1-2H3,(H,14,15,18)/t10-/m1/s1. The van der Waals surface area contributed by atoms with Crippen LogP contribution in [0.2, 0.25) is 0 Å². The van der Waals surface area contributed by atoms with Gasteiger partial charge in [0.05, 0.1) is 6.04 Å². The SMILES string of the molecule is Cc1cc(NC(=O)N2CCn3cccc3[C@H]2C)no1. The Morgan fingerprint density at radius 1 is 1.53 bits per heavy atom. The monoisotopic (exact) mass is 260 g/mol. The topological polar surface area (TPSA) is 63.3 Å². The minimum atomic E-state index is -0.145. The van der Waals surface area contributed by atoms with Gasteiger partial charge in [0.25, 0.3) is 0 Å². The first-order valence-electron chi connectivity index (χ1n) is 6.31. The predicted octanol–water partition coefficient (Wildman–Crippen LogP) is 2.39. The number of nitrogens with one attached hydrogen (secondary N) is 1. The molecule has 2 aromatic heterocycles. The number of aryl methyl sites for hydroxylation is 1. The van der Waals surface area contributed by atoms with Crippen molar-refractivity contribution >= 4 is 11.8 Å². The van der Waals surface area contributed by atoms with Crippen LogP contribution in [0.3, 0.4) is 0 Å². The third-order valence-corrected chi connectivity index (χ3v) is 3.47. The van der Waals surface area contributed by atoms with E-state index in [2.05, 4.69) is 15.0 Å². The summed E-state index contributed by atoms with van der Waals surface area (Å²) in [5, 5.41) is 6.53. The number of fused-ring (bicyclic) bond motifs is 1. The quantitative estimate of drug-likeness (QED) is 0.856. The van der Waals surface area contributed by atoms with E-state index >= 15 is 0 Å². The molecule has 0 aromatic carbocycles.